The van der Waals surface area contributed by atoms with Gasteiger partial charge in [0.25, 0.3) is 0 Å². The maximum atomic E-state index is 11.2. The molecule has 0 N–H and O–H groups in total. The molecule has 0 saturated carbocycles. The zero-order valence-electron chi connectivity index (χ0n) is 10.0. The van der Waals surface area contributed by atoms with Crippen LogP contribution in [-0.4, -0.2) is 28.8 Å². The SMILES string of the molecule is C=C(C)CN(CC)c1nc2sccn2c1C=O. The lowest BCUT2D eigenvalue weighted by Crippen LogP contribution is -2.25. The quantitative estimate of drug-likeness (QED) is 0.604. The third-order valence-electron chi connectivity index (χ3n) is 2.53. The molecule has 0 aliphatic heterocycles. The highest BCUT2D eigenvalue weighted by atomic mass is 32.1. The van der Waals surface area contributed by atoms with Crippen molar-refractivity contribution < 1.29 is 4.79 Å². The predicted octanol–water partition coefficient (Wildman–Crippen LogP) is 2.61. The molecule has 2 aromatic rings. The molecule has 0 spiro atoms. The van der Waals surface area contributed by atoms with Gasteiger partial charge < -0.3 is 4.90 Å². The van der Waals surface area contributed by atoms with Crippen molar-refractivity contribution in [1.82, 2.24) is 9.38 Å². The predicted molar refractivity (Wildman–Crippen MR) is 71.2 cm³/mol. The summed E-state index contributed by atoms with van der Waals surface area (Å²) in [4.78, 5) is 18.6. The Morgan fingerprint density at radius 2 is 2.47 bits per heavy atom. The Bertz CT molecular complexity index is 555. The highest BCUT2D eigenvalue weighted by molar-refractivity contribution is 7.15. The zero-order chi connectivity index (χ0) is 12.4. The van der Waals surface area contributed by atoms with Crippen LogP contribution in [-0.2, 0) is 0 Å². The van der Waals surface area contributed by atoms with Crippen LogP contribution in [0, 0.1) is 0 Å². The number of nitrogens with zero attached hydrogens (tertiary/aromatic N) is 3. The van der Waals surface area contributed by atoms with Gasteiger partial charge in [-0.15, -0.1) is 11.3 Å². The first-order valence-corrected chi connectivity index (χ1v) is 6.35. The van der Waals surface area contributed by atoms with Crippen LogP contribution in [0.15, 0.2) is 23.7 Å². The van der Waals surface area contributed by atoms with Gasteiger partial charge in [0.05, 0.1) is 0 Å². The van der Waals surface area contributed by atoms with Gasteiger partial charge in [-0.1, -0.05) is 12.2 Å². The van der Waals surface area contributed by atoms with Crippen LogP contribution in [0.4, 0.5) is 5.82 Å². The number of carbonyl (C=O) groups is 1. The molecule has 0 unspecified atom stereocenters. The lowest BCUT2D eigenvalue weighted by Gasteiger charge is -2.20. The van der Waals surface area contributed by atoms with E-state index in [2.05, 4.69) is 16.5 Å². The summed E-state index contributed by atoms with van der Waals surface area (Å²) in [5.41, 5.74) is 1.67. The average Bonchev–Trinajstić information content (AvgIpc) is 2.84. The van der Waals surface area contributed by atoms with Gasteiger partial charge in [0.1, 0.15) is 5.69 Å². The summed E-state index contributed by atoms with van der Waals surface area (Å²) in [6.07, 6.45) is 2.73. The van der Waals surface area contributed by atoms with Crippen LogP contribution in [0.3, 0.4) is 0 Å². The molecule has 0 atom stereocenters. The number of imidazole rings is 1. The van der Waals surface area contributed by atoms with Crippen LogP contribution in [0.5, 0.6) is 0 Å². The second-order valence-electron chi connectivity index (χ2n) is 3.97. The maximum Gasteiger partial charge on any atom is 0.196 e. The van der Waals surface area contributed by atoms with Gasteiger partial charge in [-0.2, -0.15) is 0 Å². The van der Waals surface area contributed by atoms with Gasteiger partial charge in [0.2, 0.25) is 0 Å². The van der Waals surface area contributed by atoms with E-state index < -0.39 is 0 Å². The van der Waals surface area contributed by atoms with Gasteiger partial charge in [0, 0.05) is 24.7 Å². The summed E-state index contributed by atoms with van der Waals surface area (Å²) < 4.78 is 1.83. The number of rotatable bonds is 5. The van der Waals surface area contributed by atoms with Crippen molar-refractivity contribution in [2.75, 3.05) is 18.0 Å². The average molecular weight is 249 g/mol. The van der Waals surface area contributed by atoms with E-state index in [0.717, 1.165) is 35.7 Å². The Morgan fingerprint density at radius 1 is 1.71 bits per heavy atom. The van der Waals surface area contributed by atoms with Gasteiger partial charge in [-0.05, 0) is 13.8 Å². The van der Waals surface area contributed by atoms with E-state index in [9.17, 15) is 4.79 Å². The van der Waals surface area contributed by atoms with Crippen LogP contribution in [0.1, 0.15) is 24.3 Å². The molecule has 5 heteroatoms. The van der Waals surface area contributed by atoms with Crippen LogP contribution < -0.4 is 4.90 Å². The van der Waals surface area contributed by atoms with E-state index in [-0.39, 0.29) is 0 Å². The first kappa shape index (κ1) is 11.9. The van der Waals surface area contributed by atoms with Crippen LogP contribution in [0.25, 0.3) is 4.96 Å². The summed E-state index contributed by atoms with van der Waals surface area (Å²) in [5, 5.41) is 1.92. The number of thiazole rings is 1. The monoisotopic (exact) mass is 249 g/mol. The fourth-order valence-corrected chi connectivity index (χ4v) is 2.51. The summed E-state index contributed by atoms with van der Waals surface area (Å²) in [6, 6.07) is 0. The molecule has 2 heterocycles. The number of likely N-dealkylation sites (N-methyl/N-ethyl adjacent to an activating group) is 1. The third-order valence-corrected chi connectivity index (χ3v) is 3.29. The van der Waals surface area contributed by atoms with Gasteiger partial charge in [-0.25, -0.2) is 4.98 Å². The topological polar surface area (TPSA) is 37.6 Å². The summed E-state index contributed by atoms with van der Waals surface area (Å²) in [6.45, 7) is 9.45. The minimum absolute atomic E-state index is 0.615. The molecule has 2 rings (SSSR count). The Labute approximate surface area is 104 Å². The van der Waals surface area contributed by atoms with Gasteiger partial charge >= 0.3 is 0 Å². The van der Waals surface area contributed by atoms with Crippen molar-refractivity contribution in [3.05, 3.63) is 29.4 Å². The van der Waals surface area contributed by atoms with Gasteiger partial charge in [-0.3, -0.25) is 9.20 Å². The lowest BCUT2D eigenvalue weighted by molar-refractivity contribution is 0.111. The minimum Gasteiger partial charge on any atom is -0.351 e. The van der Waals surface area contributed by atoms with E-state index in [1.165, 1.54) is 11.3 Å². The first-order chi connectivity index (χ1) is 8.17. The van der Waals surface area contributed by atoms with E-state index in [4.69, 9.17) is 0 Å². The molecule has 0 aliphatic carbocycles. The third kappa shape index (κ3) is 2.10. The number of carbonyl (C=O) groups excluding carboxylic acids is 1. The molecule has 0 aliphatic rings. The number of fused-ring (bicyclic) bond motifs is 1. The highest BCUT2D eigenvalue weighted by Crippen LogP contribution is 2.23. The van der Waals surface area contributed by atoms with E-state index in [0.29, 0.717) is 5.69 Å². The number of anilines is 1. The van der Waals surface area contributed by atoms with E-state index >= 15 is 0 Å². The van der Waals surface area contributed by atoms with Crippen LogP contribution >= 0.6 is 11.3 Å². The van der Waals surface area contributed by atoms with Crippen LogP contribution in [0.2, 0.25) is 0 Å². The van der Waals surface area contributed by atoms with Crippen molar-refractivity contribution in [2.45, 2.75) is 13.8 Å². The number of aromatic nitrogens is 2. The molecule has 17 heavy (non-hydrogen) atoms. The van der Waals surface area contributed by atoms with Crippen molar-refractivity contribution in [2.24, 2.45) is 0 Å². The molecule has 90 valence electrons. The second kappa shape index (κ2) is 4.71. The standard InChI is InChI=1S/C12H15N3OS/c1-4-14(7-9(2)3)11-10(8-16)15-5-6-17-12(15)13-11/h5-6,8H,2,4,7H2,1,3H3. The normalized spacial score (nSPS) is 10.7. The molecule has 0 fully saturated rings. The molecule has 0 aromatic carbocycles. The van der Waals surface area contributed by atoms with Crippen molar-refractivity contribution in [1.29, 1.82) is 0 Å². The Balaban J connectivity index is 2.48. The molecular formula is C12H15N3OS. The Kier molecular flexibility index (Phi) is 3.28. The smallest absolute Gasteiger partial charge is 0.196 e. The Hall–Kier alpha value is -1.62. The first-order valence-electron chi connectivity index (χ1n) is 5.47. The molecule has 0 saturated heterocycles. The molecule has 0 bridgehead atoms. The fraction of sp³-hybridized carbons (Fsp3) is 0.333. The summed E-state index contributed by atoms with van der Waals surface area (Å²) in [5.74, 6) is 0.748. The van der Waals surface area contributed by atoms with Crippen molar-refractivity contribution in [3.63, 3.8) is 0 Å². The molecule has 0 radical (unpaired) electrons. The number of hydrogen-bond acceptors (Lipinski definition) is 4. The van der Waals surface area contributed by atoms with Crippen molar-refractivity contribution >= 4 is 28.4 Å². The number of aldehydes is 1. The summed E-state index contributed by atoms with van der Waals surface area (Å²) in [7, 11) is 0. The van der Waals surface area contributed by atoms with Crippen molar-refractivity contribution in [3.8, 4) is 0 Å². The molecule has 0 amide bonds. The minimum atomic E-state index is 0.615. The maximum absolute atomic E-state index is 11.2. The second-order valence-corrected chi connectivity index (χ2v) is 4.84. The fourth-order valence-electron chi connectivity index (χ4n) is 1.80. The van der Waals surface area contributed by atoms with E-state index in [1.54, 1.807) is 0 Å². The number of hydrogen-bond donors (Lipinski definition) is 0. The molecule has 2 aromatic heterocycles. The molecule has 4 nitrogen and oxygen atoms in total. The van der Waals surface area contributed by atoms with E-state index in [1.807, 2.05) is 29.8 Å². The molecular weight excluding hydrogens is 234 g/mol. The lowest BCUT2D eigenvalue weighted by atomic mass is 10.3. The highest BCUT2D eigenvalue weighted by Gasteiger charge is 2.17. The summed E-state index contributed by atoms with van der Waals surface area (Å²) >= 11 is 1.53. The van der Waals surface area contributed by atoms with Gasteiger partial charge in [0.15, 0.2) is 17.1 Å². The largest absolute Gasteiger partial charge is 0.351 e. The Morgan fingerprint density at radius 3 is 3.06 bits per heavy atom. The zero-order valence-corrected chi connectivity index (χ0v) is 10.8.